The fourth-order valence-electron chi connectivity index (χ4n) is 7.87. The molecule has 0 radical (unpaired) electrons. The van der Waals surface area contributed by atoms with Crippen LogP contribution in [0.1, 0.15) is 80.0 Å². The summed E-state index contributed by atoms with van der Waals surface area (Å²) in [4.78, 5) is 123. The summed E-state index contributed by atoms with van der Waals surface area (Å²) in [6.45, 7) is 14.6. The second kappa shape index (κ2) is 30.5. The normalized spacial score (nSPS) is 13.2. The molecule has 1 fully saturated rings. The largest absolute Gasteiger partial charge is 0.448 e. The molecule has 0 saturated carbocycles. The van der Waals surface area contributed by atoms with E-state index in [0.29, 0.717) is 82.8 Å². The molecule has 26 heteroatoms. The van der Waals surface area contributed by atoms with Crippen LogP contribution in [0.5, 0.6) is 0 Å². The number of rotatable bonds is 27. The van der Waals surface area contributed by atoms with Crippen LogP contribution in [0.3, 0.4) is 0 Å². The van der Waals surface area contributed by atoms with Gasteiger partial charge in [-0.1, -0.05) is 74.9 Å². The molecule has 2 aromatic carbocycles. The van der Waals surface area contributed by atoms with Crippen molar-refractivity contribution in [1.29, 1.82) is 0 Å². The van der Waals surface area contributed by atoms with E-state index in [4.69, 9.17) is 26.8 Å². The molecule has 79 heavy (non-hydrogen) atoms. The van der Waals surface area contributed by atoms with Crippen molar-refractivity contribution in [3.05, 3.63) is 81.6 Å². The number of aromatic nitrogens is 3. The number of nitrogens with zero attached hydrogens (tertiary/aromatic N) is 7. The average molecular weight is 1130 g/mol. The number of hydrogen-bond acceptors (Lipinski definition) is 17. The number of para-hydroxylation sites is 1. The van der Waals surface area contributed by atoms with E-state index < -0.39 is 48.0 Å². The molecule has 2 aromatic heterocycles. The summed E-state index contributed by atoms with van der Waals surface area (Å²) < 4.78 is 11.0. The van der Waals surface area contributed by atoms with E-state index in [2.05, 4.69) is 56.7 Å². The number of likely N-dealkylation sites (N-methyl/N-ethyl adjacent to an activating group) is 2. The van der Waals surface area contributed by atoms with Crippen LogP contribution in [0.4, 0.5) is 42.5 Å². The number of urea groups is 1. The van der Waals surface area contributed by atoms with Crippen LogP contribution in [0.2, 0.25) is 5.02 Å². The molecule has 4 aromatic rings. The van der Waals surface area contributed by atoms with Crippen molar-refractivity contribution in [2.75, 3.05) is 93.9 Å². The number of ketones is 1. The van der Waals surface area contributed by atoms with Gasteiger partial charge in [0.05, 0.1) is 16.9 Å². The molecule has 1 aliphatic heterocycles. The van der Waals surface area contributed by atoms with E-state index in [1.54, 1.807) is 72.1 Å². The van der Waals surface area contributed by atoms with Gasteiger partial charge in [-0.3, -0.25) is 28.9 Å². The van der Waals surface area contributed by atoms with Crippen LogP contribution >= 0.6 is 22.9 Å². The zero-order valence-corrected chi connectivity index (χ0v) is 47.6. The van der Waals surface area contributed by atoms with Gasteiger partial charge in [-0.2, -0.15) is 0 Å². The Kier molecular flexibility index (Phi) is 24.0. The summed E-state index contributed by atoms with van der Waals surface area (Å²) in [5.41, 5.74) is 7.60. The maximum Gasteiger partial charge on any atom is 0.409 e. The first-order chi connectivity index (χ1) is 37.6. The second-order valence-corrected chi connectivity index (χ2v) is 21.1. The molecule has 8 amide bonds. The summed E-state index contributed by atoms with van der Waals surface area (Å²) in [6.07, 6.45) is 0.737. The Labute approximate surface area is 469 Å². The van der Waals surface area contributed by atoms with Gasteiger partial charge < -0.3 is 61.8 Å². The smallest absolute Gasteiger partial charge is 0.409 e. The predicted octanol–water partition coefficient (Wildman–Crippen LogP) is 5.68. The van der Waals surface area contributed by atoms with Gasteiger partial charge in [0.15, 0.2) is 5.13 Å². The lowest BCUT2D eigenvalue weighted by atomic mass is 10.0. The first-order valence-electron chi connectivity index (χ1n) is 26.0. The van der Waals surface area contributed by atoms with Crippen molar-refractivity contribution in [2.45, 2.75) is 85.9 Å². The standard InChI is InChI=1S/C53H73ClN14O10S/c1-32(2)40(69)18-19-44(70)63-45(33(3)4)49(73)61-39(13-10-20-56-50(55)74)47(71)60-37-16-14-36(15-17-37)31-78-53(76)66(8)22-21-65(7)52(75)77-28-27-67-23-25-68(26-24-67)43-29-42(58-35(6)59-43)62-51-57-30-41(79-51)48(72)64-46-34(5)11-9-12-38(46)54/h9,11-12,14-17,29-30,32-33,39,45H,10,13,18-28,31H2,1-8H3,(H,60,71)(H,61,73)(H,63,70)(H,64,72)(H3,55,56,74)(H,57,58,59,62)/t39-,45-/m0/s1. The molecule has 0 spiro atoms. The molecule has 3 heterocycles. The number of hydrogen-bond donors (Lipinski definition) is 7. The zero-order valence-electron chi connectivity index (χ0n) is 46.0. The van der Waals surface area contributed by atoms with Crippen molar-refractivity contribution >= 4 is 98.7 Å². The first-order valence-corrected chi connectivity index (χ1v) is 27.2. The molecule has 8 N–H and O–H groups in total. The van der Waals surface area contributed by atoms with Crippen molar-refractivity contribution < 1.29 is 47.8 Å². The van der Waals surface area contributed by atoms with Crippen LogP contribution in [-0.2, 0) is 35.3 Å². The van der Waals surface area contributed by atoms with E-state index in [1.165, 1.54) is 27.3 Å². The molecule has 0 aliphatic carbocycles. The van der Waals surface area contributed by atoms with Crippen molar-refractivity contribution in [1.82, 2.24) is 45.6 Å². The number of anilines is 5. The van der Waals surface area contributed by atoms with Crippen molar-refractivity contribution in [3.8, 4) is 0 Å². The number of carbonyl (C=O) groups is 8. The number of halogens is 1. The number of aryl methyl sites for hydroxylation is 2. The Morgan fingerprint density at radius 2 is 1.52 bits per heavy atom. The van der Waals surface area contributed by atoms with Gasteiger partial charge in [0.2, 0.25) is 17.7 Å². The fraction of sp³-hybridized carbons (Fsp3) is 0.491. The lowest BCUT2D eigenvalue weighted by Gasteiger charge is -2.35. The summed E-state index contributed by atoms with van der Waals surface area (Å²) in [5.74, 6) is -0.701. The Morgan fingerprint density at radius 1 is 0.835 bits per heavy atom. The van der Waals surface area contributed by atoms with E-state index in [-0.39, 0.29) is 75.6 Å². The molecule has 2 atom stereocenters. The molecular formula is C53H73ClN14O10S. The maximum absolute atomic E-state index is 13.5. The van der Waals surface area contributed by atoms with E-state index in [1.807, 2.05) is 32.0 Å². The minimum atomic E-state index is -1.06. The molecule has 1 aliphatic rings. The lowest BCUT2D eigenvalue weighted by molar-refractivity contribution is -0.132. The molecular weight excluding hydrogens is 1060 g/mol. The molecule has 24 nitrogen and oxygen atoms in total. The highest BCUT2D eigenvalue weighted by atomic mass is 35.5. The van der Waals surface area contributed by atoms with E-state index >= 15 is 0 Å². The third-order valence-electron chi connectivity index (χ3n) is 12.7. The third kappa shape index (κ3) is 20.3. The SMILES string of the molecule is Cc1nc(Nc2ncc(C(=O)Nc3c(C)cccc3Cl)s2)cc(N2CCN(CCOC(=O)N(C)CCN(C)C(=O)OCc3ccc(NC(=O)[C@H](CCCNC(N)=O)NC(=O)[C@@H](NC(=O)CCC(=O)C(C)C)C(C)C)cc3)CC2)n1. The minimum Gasteiger partial charge on any atom is -0.448 e. The van der Waals surface area contributed by atoms with Crippen LogP contribution in [0.25, 0.3) is 0 Å². The highest BCUT2D eigenvalue weighted by molar-refractivity contribution is 7.17. The van der Waals surface area contributed by atoms with Gasteiger partial charge >= 0.3 is 18.2 Å². The van der Waals surface area contributed by atoms with E-state index in [0.717, 1.165) is 11.4 Å². The molecule has 1 saturated heterocycles. The van der Waals surface area contributed by atoms with Crippen molar-refractivity contribution in [3.63, 3.8) is 0 Å². The number of primary amides is 1. The van der Waals surface area contributed by atoms with Gasteiger partial charge in [-0.25, -0.2) is 29.3 Å². The Hall–Kier alpha value is -7.64. The van der Waals surface area contributed by atoms with Gasteiger partial charge in [-0.05, 0) is 61.9 Å². The second-order valence-electron chi connectivity index (χ2n) is 19.6. The topological polar surface area (TPSA) is 305 Å². The molecule has 0 unspecified atom stereocenters. The highest BCUT2D eigenvalue weighted by Crippen LogP contribution is 2.29. The Bertz CT molecular complexity index is 2740. The minimum absolute atomic E-state index is 0.0423. The number of benzene rings is 2. The number of amides is 8. The van der Waals surface area contributed by atoms with Crippen LogP contribution < -0.4 is 42.5 Å². The summed E-state index contributed by atoms with van der Waals surface area (Å²) >= 11 is 7.49. The maximum atomic E-state index is 13.5. The van der Waals surface area contributed by atoms with E-state index in [9.17, 15) is 38.4 Å². The Morgan fingerprint density at radius 3 is 2.16 bits per heavy atom. The summed E-state index contributed by atoms with van der Waals surface area (Å²) in [5, 5.41) is 17.7. The number of ether oxygens (including phenoxy) is 2. The number of carbonyl (C=O) groups excluding carboxylic acids is 8. The Balaban J connectivity index is 0.997. The summed E-state index contributed by atoms with van der Waals surface area (Å²) in [7, 11) is 3.14. The fourth-order valence-corrected chi connectivity index (χ4v) is 8.86. The summed E-state index contributed by atoms with van der Waals surface area (Å²) in [6, 6.07) is 11.0. The molecule has 5 rings (SSSR count). The first kappa shape index (κ1) is 62.2. The van der Waals surface area contributed by atoms with Crippen LogP contribution in [-0.4, -0.2) is 162 Å². The quantitative estimate of drug-likeness (QED) is 0.0354. The number of Topliss-reactive ketones (excluding diaryl/α,β-unsaturated/α-hetero) is 1. The molecule has 428 valence electrons. The number of nitrogens with one attached hydrogen (secondary N) is 6. The third-order valence-corrected chi connectivity index (χ3v) is 13.9. The highest BCUT2D eigenvalue weighted by Gasteiger charge is 2.30. The molecule has 0 bridgehead atoms. The number of thiazole rings is 1. The van der Waals surface area contributed by atoms with Crippen LogP contribution in [0, 0.1) is 25.7 Å². The monoisotopic (exact) mass is 1130 g/mol. The number of nitrogens with two attached hydrogens (primary N) is 1. The average Bonchev–Trinajstić information content (AvgIpc) is 3.92. The van der Waals surface area contributed by atoms with Crippen LogP contribution in [0.15, 0.2) is 54.7 Å². The lowest BCUT2D eigenvalue weighted by Crippen LogP contribution is -2.54. The van der Waals surface area contributed by atoms with Crippen molar-refractivity contribution in [2.24, 2.45) is 17.6 Å². The van der Waals surface area contributed by atoms with Gasteiger partial charge in [-0.15, -0.1) is 0 Å². The number of piperazine rings is 1. The van der Waals surface area contributed by atoms with Gasteiger partial charge in [0.1, 0.15) is 53.4 Å². The van der Waals surface area contributed by atoms with Gasteiger partial charge in [0.25, 0.3) is 5.91 Å². The zero-order chi connectivity index (χ0) is 57.8. The predicted molar refractivity (Wildman–Crippen MR) is 301 cm³/mol. The van der Waals surface area contributed by atoms with Gasteiger partial charge in [0, 0.05) is 97.0 Å².